The Bertz CT molecular complexity index is 1190. The van der Waals surface area contributed by atoms with E-state index in [1.165, 1.54) is 12.1 Å². The molecule has 0 spiro atoms. The normalized spacial score (nSPS) is 11.7. The van der Waals surface area contributed by atoms with Crippen LogP contribution in [0.15, 0.2) is 60.8 Å². The standard InChI is InChI=1S/C21H16F3N3O3/c22-21(23,24)15-4-1-13(2-5-15)18-9-16(25-26-18)12-30-17-6-3-14-7-8-27(11-20(28)29)19(14)10-17/h1-10H,11-12H2,(H,25,26)(H,28,29). The minimum absolute atomic E-state index is 0.141. The number of alkyl halides is 3. The predicted molar refractivity (Wildman–Crippen MR) is 103 cm³/mol. The number of aromatic amines is 1. The van der Waals surface area contributed by atoms with Crippen molar-refractivity contribution in [3.63, 3.8) is 0 Å². The predicted octanol–water partition coefficient (Wildman–Crippen LogP) is 4.71. The molecule has 0 saturated carbocycles. The van der Waals surface area contributed by atoms with E-state index in [1.807, 2.05) is 12.1 Å². The van der Waals surface area contributed by atoms with Gasteiger partial charge in [0.05, 0.1) is 16.8 Å². The number of ether oxygens (including phenoxy) is 1. The van der Waals surface area contributed by atoms with Gasteiger partial charge in [-0.1, -0.05) is 12.1 Å². The second kappa shape index (κ2) is 7.58. The van der Waals surface area contributed by atoms with Crippen molar-refractivity contribution in [1.29, 1.82) is 0 Å². The summed E-state index contributed by atoms with van der Waals surface area (Å²) in [5, 5.41) is 16.8. The van der Waals surface area contributed by atoms with E-state index in [2.05, 4.69) is 10.2 Å². The minimum atomic E-state index is -4.38. The summed E-state index contributed by atoms with van der Waals surface area (Å²) < 4.78 is 45.4. The monoisotopic (exact) mass is 415 g/mol. The molecule has 0 atom stereocenters. The topological polar surface area (TPSA) is 80.1 Å². The highest BCUT2D eigenvalue weighted by molar-refractivity contribution is 5.83. The quantitative estimate of drug-likeness (QED) is 0.478. The average Bonchev–Trinajstić information content (AvgIpc) is 3.33. The fraction of sp³-hybridized carbons (Fsp3) is 0.143. The number of carboxylic acid groups (broad SMARTS) is 1. The maximum Gasteiger partial charge on any atom is 0.416 e. The molecule has 0 radical (unpaired) electrons. The zero-order valence-electron chi connectivity index (χ0n) is 15.5. The van der Waals surface area contributed by atoms with Crippen molar-refractivity contribution >= 4 is 16.9 Å². The average molecular weight is 415 g/mol. The molecule has 0 bridgehead atoms. The van der Waals surface area contributed by atoms with E-state index in [-0.39, 0.29) is 13.2 Å². The lowest BCUT2D eigenvalue weighted by molar-refractivity contribution is -0.138. The van der Waals surface area contributed by atoms with Gasteiger partial charge in [0.2, 0.25) is 0 Å². The summed E-state index contributed by atoms with van der Waals surface area (Å²) in [5.41, 5.74) is 1.76. The summed E-state index contributed by atoms with van der Waals surface area (Å²) in [6.45, 7) is -0.00884. The Kier molecular flexibility index (Phi) is 4.94. The number of fused-ring (bicyclic) bond motifs is 1. The molecule has 0 saturated heterocycles. The van der Waals surface area contributed by atoms with Gasteiger partial charge in [0.15, 0.2) is 0 Å². The summed E-state index contributed by atoms with van der Waals surface area (Å²) in [4.78, 5) is 11.0. The van der Waals surface area contributed by atoms with Crippen LogP contribution in [0.5, 0.6) is 5.75 Å². The Balaban J connectivity index is 1.46. The van der Waals surface area contributed by atoms with Gasteiger partial charge in [-0.15, -0.1) is 0 Å². The molecule has 9 heteroatoms. The summed E-state index contributed by atoms with van der Waals surface area (Å²) in [6.07, 6.45) is -2.68. The molecule has 30 heavy (non-hydrogen) atoms. The van der Waals surface area contributed by atoms with E-state index in [4.69, 9.17) is 9.84 Å². The van der Waals surface area contributed by atoms with Gasteiger partial charge in [0.25, 0.3) is 0 Å². The van der Waals surface area contributed by atoms with Gasteiger partial charge >= 0.3 is 12.1 Å². The molecule has 4 aromatic rings. The van der Waals surface area contributed by atoms with Crippen LogP contribution in [0, 0.1) is 0 Å². The fourth-order valence-electron chi connectivity index (χ4n) is 3.12. The molecular formula is C21H16F3N3O3. The highest BCUT2D eigenvalue weighted by atomic mass is 19.4. The van der Waals surface area contributed by atoms with Crippen LogP contribution < -0.4 is 4.74 Å². The summed E-state index contributed by atoms with van der Waals surface area (Å²) in [7, 11) is 0. The Hall–Kier alpha value is -3.75. The number of rotatable bonds is 6. The molecule has 4 rings (SSSR count). The number of nitrogens with zero attached hydrogens (tertiary/aromatic N) is 2. The van der Waals surface area contributed by atoms with Gasteiger partial charge in [-0.05, 0) is 47.3 Å². The maximum atomic E-state index is 12.7. The van der Waals surface area contributed by atoms with Gasteiger partial charge in [0, 0.05) is 12.3 Å². The summed E-state index contributed by atoms with van der Waals surface area (Å²) in [5.74, 6) is -0.391. The molecule has 0 aliphatic carbocycles. The van der Waals surface area contributed by atoms with Crippen molar-refractivity contribution < 1.29 is 27.8 Å². The number of halogens is 3. The molecule has 2 N–H and O–H groups in total. The maximum absolute atomic E-state index is 12.7. The smallest absolute Gasteiger partial charge is 0.416 e. The zero-order valence-corrected chi connectivity index (χ0v) is 15.5. The van der Waals surface area contributed by atoms with Crippen LogP contribution >= 0.6 is 0 Å². The Morgan fingerprint density at radius 2 is 1.87 bits per heavy atom. The first-order valence-electron chi connectivity index (χ1n) is 8.95. The van der Waals surface area contributed by atoms with Crippen LogP contribution in [0.25, 0.3) is 22.2 Å². The van der Waals surface area contributed by atoms with E-state index < -0.39 is 17.7 Å². The van der Waals surface area contributed by atoms with Gasteiger partial charge in [-0.3, -0.25) is 9.89 Å². The number of carbonyl (C=O) groups is 1. The lowest BCUT2D eigenvalue weighted by Crippen LogP contribution is -2.07. The lowest BCUT2D eigenvalue weighted by Gasteiger charge is -2.07. The van der Waals surface area contributed by atoms with Gasteiger partial charge in [-0.25, -0.2) is 0 Å². The third-order valence-electron chi connectivity index (χ3n) is 4.59. The molecule has 6 nitrogen and oxygen atoms in total. The molecule has 0 aliphatic rings. The molecule has 0 unspecified atom stereocenters. The Morgan fingerprint density at radius 3 is 2.57 bits per heavy atom. The molecule has 2 aromatic carbocycles. The SMILES string of the molecule is O=C(O)Cn1ccc2ccc(OCc3cc(-c4ccc(C(F)(F)F)cc4)[nH]n3)cc21. The van der Waals surface area contributed by atoms with Crippen LogP contribution in [-0.2, 0) is 24.1 Å². The number of hydrogen-bond donors (Lipinski definition) is 2. The third kappa shape index (κ3) is 4.14. The van der Waals surface area contributed by atoms with E-state index in [1.54, 1.807) is 29.0 Å². The number of aromatic nitrogens is 3. The minimum Gasteiger partial charge on any atom is -0.487 e. The highest BCUT2D eigenvalue weighted by Gasteiger charge is 2.30. The lowest BCUT2D eigenvalue weighted by atomic mass is 10.1. The third-order valence-corrected chi connectivity index (χ3v) is 4.59. The van der Waals surface area contributed by atoms with Crippen LogP contribution in [-0.4, -0.2) is 25.8 Å². The van der Waals surface area contributed by atoms with E-state index in [0.29, 0.717) is 22.7 Å². The number of nitrogens with one attached hydrogen (secondary N) is 1. The van der Waals surface area contributed by atoms with E-state index in [9.17, 15) is 18.0 Å². The largest absolute Gasteiger partial charge is 0.487 e. The second-order valence-corrected chi connectivity index (χ2v) is 6.69. The molecule has 2 heterocycles. The van der Waals surface area contributed by atoms with Crippen molar-refractivity contribution in [2.75, 3.05) is 0 Å². The number of H-pyrrole nitrogens is 1. The van der Waals surface area contributed by atoms with Crippen molar-refractivity contribution in [2.45, 2.75) is 19.3 Å². The Labute approximate surface area is 168 Å². The van der Waals surface area contributed by atoms with Gasteiger partial charge < -0.3 is 14.4 Å². The molecule has 2 aromatic heterocycles. The van der Waals surface area contributed by atoms with Crippen molar-refractivity contribution in [3.05, 3.63) is 72.1 Å². The van der Waals surface area contributed by atoms with Crippen LogP contribution in [0.1, 0.15) is 11.3 Å². The zero-order chi connectivity index (χ0) is 21.3. The van der Waals surface area contributed by atoms with Crippen LogP contribution in [0.2, 0.25) is 0 Å². The second-order valence-electron chi connectivity index (χ2n) is 6.69. The fourth-order valence-corrected chi connectivity index (χ4v) is 3.12. The molecule has 0 aliphatic heterocycles. The summed E-state index contributed by atoms with van der Waals surface area (Å²) >= 11 is 0. The van der Waals surface area contributed by atoms with Gasteiger partial charge in [-0.2, -0.15) is 18.3 Å². The van der Waals surface area contributed by atoms with Crippen LogP contribution in [0.4, 0.5) is 13.2 Å². The number of aliphatic carboxylic acids is 1. The van der Waals surface area contributed by atoms with E-state index in [0.717, 1.165) is 23.0 Å². The van der Waals surface area contributed by atoms with Crippen LogP contribution in [0.3, 0.4) is 0 Å². The van der Waals surface area contributed by atoms with Gasteiger partial charge in [0.1, 0.15) is 24.6 Å². The first-order valence-corrected chi connectivity index (χ1v) is 8.95. The number of benzene rings is 2. The first-order chi connectivity index (χ1) is 14.3. The molecule has 0 fully saturated rings. The van der Waals surface area contributed by atoms with Crippen molar-refractivity contribution in [2.24, 2.45) is 0 Å². The number of carboxylic acids is 1. The molecule has 0 amide bonds. The first kappa shape index (κ1) is 19.6. The van der Waals surface area contributed by atoms with Crippen molar-refractivity contribution in [3.8, 4) is 17.0 Å². The van der Waals surface area contributed by atoms with E-state index >= 15 is 0 Å². The Morgan fingerprint density at radius 1 is 1.10 bits per heavy atom. The molecule has 154 valence electrons. The highest BCUT2D eigenvalue weighted by Crippen LogP contribution is 2.31. The number of hydrogen-bond acceptors (Lipinski definition) is 3. The van der Waals surface area contributed by atoms with Crippen molar-refractivity contribution in [1.82, 2.24) is 14.8 Å². The summed E-state index contributed by atoms with van der Waals surface area (Å²) in [6, 6.07) is 13.7. The molecular weight excluding hydrogens is 399 g/mol.